The Bertz CT molecular complexity index is 975. The van der Waals surface area contributed by atoms with Gasteiger partial charge in [-0.15, -0.1) is 0 Å². The van der Waals surface area contributed by atoms with Crippen molar-refractivity contribution in [2.75, 3.05) is 39.4 Å². The molecule has 9 heteroatoms. The van der Waals surface area contributed by atoms with E-state index in [1.54, 1.807) is 30.3 Å². The lowest BCUT2D eigenvalue weighted by Gasteiger charge is -2.13. The molecule has 0 saturated heterocycles. The lowest BCUT2D eigenvalue weighted by molar-refractivity contribution is -0.142. The zero-order chi connectivity index (χ0) is 23.5. The van der Waals surface area contributed by atoms with Gasteiger partial charge in [-0.1, -0.05) is 11.6 Å². The maximum absolute atomic E-state index is 12.3. The van der Waals surface area contributed by atoms with Crippen LogP contribution in [-0.4, -0.2) is 45.9 Å². The zero-order valence-electron chi connectivity index (χ0n) is 18.4. The van der Waals surface area contributed by atoms with Crippen molar-refractivity contribution in [2.45, 2.75) is 13.8 Å². The Morgan fingerprint density at radius 3 is 2.41 bits per heavy atom. The number of carbonyl (C=O) groups is 2. The molecule has 0 aliphatic rings. The lowest BCUT2D eigenvalue weighted by Crippen LogP contribution is -2.20. The van der Waals surface area contributed by atoms with Crippen LogP contribution in [0.3, 0.4) is 0 Å². The van der Waals surface area contributed by atoms with Crippen LogP contribution in [0.1, 0.15) is 19.4 Å². The lowest BCUT2D eigenvalue weighted by atomic mass is 10.2. The Morgan fingerprint density at radius 2 is 1.75 bits per heavy atom. The molecule has 172 valence electrons. The second kappa shape index (κ2) is 12.5. The van der Waals surface area contributed by atoms with Gasteiger partial charge < -0.3 is 29.0 Å². The van der Waals surface area contributed by atoms with Gasteiger partial charge in [0, 0.05) is 12.1 Å². The molecule has 0 aliphatic carbocycles. The van der Waals surface area contributed by atoms with Crippen LogP contribution in [0.4, 0.5) is 5.69 Å². The van der Waals surface area contributed by atoms with E-state index in [1.165, 1.54) is 26.4 Å². The third-order valence-corrected chi connectivity index (χ3v) is 4.33. The van der Waals surface area contributed by atoms with Crippen molar-refractivity contribution in [1.29, 1.82) is 0 Å². The number of halogens is 1. The largest absolute Gasteiger partial charge is 0.494 e. The quantitative estimate of drug-likeness (QED) is 0.391. The average Bonchev–Trinajstić information content (AvgIpc) is 2.77. The molecule has 0 unspecified atom stereocenters. The molecular weight excluding hydrogens is 438 g/mol. The molecule has 0 fully saturated rings. The summed E-state index contributed by atoms with van der Waals surface area (Å²) in [4.78, 5) is 24.3. The second-order valence-electron chi connectivity index (χ2n) is 6.25. The Morgan fingerprint density at radius 1 is 1.00 bits per heavy atom. The molecule has 2 aromatic carbocycles. The minimum atomic E-state index is -0.695. The van der Waals surface area contributed by atoms with Gasteiger partial charge in [0.05, 0.1) is 38.1 Å². The molecule has 0 aromatic heterocycles. The Balaban J connectivity index is 1.98. The van der Waals surface area contributed by atoms with Crippen molar-refractivity contribution in [3.8, 4) is 23.0 Å². The number of methoxy groups -OCH3 is 2. The molecule has 2 aromatic rings. The number of hydrogen-bond donors (Lipinski definition) is 1. The fourth-order valence-corrected chi connectivity index (χ4v) is 3.01. The summed E-state index contributed by atoms with van der Waals surface area (Å²) in [5.74, 6) is 0.674. The standard InChI is InChI=1S/C23H26ClNO7/c1-5-30-16-8-9-19(31-6-2)18(13-16)25-21(26)14-32-22(27)10-7-15-11-17(24)23(29-4)20(12-15)28-3/h7-13H,5-6,14H2,1-4H3,(H,25,26)/b10-7+. The number of amides is 1. The fraction of sp³-hybridized carbons (Fsp3) is 0.304. The second-order valence-corrected chi connectivity index (χ2v) is 6.66. The van der Waals surface area contributed by atoms with Gasteiger partial charge >= 0.3 is 5.97 Å². The first-order valence-electron chi connectivity index (χ1n) is 9.87. The Hall–Kier alpha value is -3.39. The molecule has 0 spiro atoms. The van der Waals surface area contributed by atoms with Crippen molar-refractivity contribution in [1.82, 2.24) is 0 Å². The van der Waals surface area contributed by atoms with Gasteiger partial charge in [-0.2, -0.15) is 0 Å². The van der Waals surface area contributed by atoms with Crippen molar-refractivity contribution in [2.24, 2.45) is 0 Å². The summed E-state index contributed by atoms with van der Waals surface area (Å²) < 4.78 is 26.4. The van der Waals surface area contributed by atoms with E-state index >= 15 is 0 Å². The van der Waals surface area contributed by atoms with Crippen LogP contribution in [0.15, 0.2) is 36.4 Å². The van der Waals surface area contributed by atoms with Crippen LogP contribution in [0, 0.1) is 0 Å². The summed E-state index contributed by atoms with van der Waals surface area (Å²) >= 11 is 6.15. The average molecular weight is 464 g/mol. The molecule has 0 atom stereocenters. The minimum Gasteiger partial charge on any atom is -0.494 e. The Kier molecular flexibility index (Phi) is 9.69. The molecule has 0 radical (unpaired) electrons. The number of ether oxygens (including phenoxy) is 5. The number of anilines is 1. The van der Waals surface area contributed by atoms with Crippen LogP contribution < -0.4 is 24.3 Å². The maximum Gasteiger partial charge on any atom is 0.331 e. The number of carbonyl (C=O) groups excluding carboxylic acids is 2. The predicted octanol–water partition coefficient (Wildman–Crippen LogP) is 4.35. The topological polar surface area (TPSA) is 92.3 Å². The fourth-order valence-electron chi connectivity index (χ4n) is 2.71. The number of esters is 1. The minimum absolute atomic E-state index is 0.332. The molecule has 2 rings (SSSR count). The monoisotopic (exact) mass is 463 g/mol. The van der Waals surface area contributed by atoms with E-state index in [0.29, 0.717) is 52.5 Å². The van der Waals surface area contributed by atoms with Crippen LogP contribution in [-0.2, 0) is 14.3 Å². The van der Waals surface area contributed by atoms with Crippen LogP contribution >= 0.6 is 11.6 Å². The van der Waals surface area contributed by atoms with Gasteiger partial charge in [0.25, 0.3) is 5.91 Å². The number of hydrogen-bond acceptors (Lipinski definition) is 7. The van der Waals surface area contributed by atoms with E-state index in [0.717, 1.165) is 0 Å². The first-order valence-corrected chi connectivity index (χ1v) is 10.2. The van der Waals surface area contributed by atoms with E-state index in [-0.39, 0.29) is 0 Å². The van der Waals surface area contributed by atoms with Crippen molar-refractivity contribution < 1.29 is 33.3 Å². The summed E-state index contributed by atoms with van der Waals surface area (Å²) in [7, 11) is 2.96. The van der Waals surface area contributed by atoms with Crippen LogP contribution in [0.25, 0.3) is 6.08 Å². The molecule has 1 amide bonds. The SMILES string of the molecule is CCOc1ccc(OCC)c(NC(=O)COC(=O)/C=C/c2cc(Cl)c(OC)c(OC)c2)c1. The van der Waals surface area contributed by atoms with E-state index in [2.05, 4.69) is 5.32 Å². The smallest absolute Gasteiger partial charge is 0.331 e. The molecule has 8 nitrogen and oxygen atoms in total. The number of rotatable bonds is 11. The summed E-state index contributed by atoms with van der Waals surface area (Å²) in [6.07, 6.45) is 2.68. The van der Waals surface area contributed by atoms with E-state index in [1.807, 2.05) is 13.8 Å². The summed E-state index contributed by atoms with van der Waals surface area (Å²) in [6, 6.07) is 8.36. The number of benzene rings is 2. The van der Waals surface area contributed by atoms with Gasteiger partial charge in [-0.25, -0.2) is 4.79 Å². The molecule has 1 N–H and O–H groups in total. The molecule has 0 aliphatic heterocycles. The highest BCUT2D eigenvalue weighted by Crippen LogP contribution is 2.36. The first-order chi connectivity index (χ1) is 15.4. The molecule has 0 heterocycles. The van der Waals surface area contributed by atoms with E-state index < -0.39 is 18.5 Å². The molecule has 32 heavy (non-hydrogen) atoms. The first kappa shape index (κ1) is 24.9. The predicted molar refractivity (Wildman–Crippen MR) is 122 cm³/mol. The Labute approximate surface area is 192 Å². The van der Waals surface area contributed by atoms with Gasteiger partial charge in [0.2, 0.25) is 0 Å². The highest BCUT2D eigenvalue weighted by molar-refractivity contribution is 6.32. The van der Waals surface area contributed by atoms with Gasteiger partial charge in [0.1, 0.15) is 11.5 Å². The summed E-state index contributed by atoms with van der Waals surface area (Å²) in [5, 5.41) is 3.00. The van der Waals surface area contributed by atoms with E-state index in [9.17, 15) is 9.59 Å². The highest BCUT2D eigenvalue weighted by atomic mass is 35.5. The third kappa shape index (κ3) is 7.09. The van der Waals surface area contributed by atoms with Crippen LogP contribution in [0.5, 0.6) is 23.0 Å². The van der Waals surface area contributed by atoms with Gasteiger partial charge in [0.15, 0.2) is 18.1 Å². The summed E-state index contributed by atoms with van der Waals surface area (Å²) in [6.45, 7) is 4.13. The molecule has 0 bridgehead atoms. The van der Waals surface area contributed by atoms with Gasteiger partial charge in [-0.05, 0) is 49.8 Å². The van der Waals surface area contributed by atoms with E-state index in [4.69, 9.17) is 35.3 Å². The third-order valence-electron chi connectivity index (χ3n) is 4.05. The van der Waals surface area contributed by atoms with Crippen molar-refractivity contribution in [3.63, 3.8) is 0 Å². The normalized spacial score (nSPS) is 10.5. The maximum atomic E-state index is 12.3. The van der Waals surface area contributed by atoms with Gasteiger partial charge in [-0.3, -0.25) is 4.79 Å². The van der Waals surface area contributed by atoms with Crippen LogP contribution in [0.2, 0.25) is 5.02 Å². The van der Waals surface area contributed by atoms with Crippen molar-refractivity contribution >= 4 is 35.2 Å². The summed E-state index contributed by atoms with van der Waals surface area (Å²) in [5.41, 5.74) is 1.03. The highest BCUT2D eigenvalue weighted by Gasteiger charge is 2.12. The molecule has 0 saturated carbocycles. The van der Waals surface area contributed by atoms with Crippen molar-refractivity contribution in [3.05, 3.63) is 47.0 Å². The zero-order valence-corrected chi connectivity index (χ0v) is 19.2. The molecular formula is C23H26ClNO7. The number of nitrogens with one attached hydrogen (secondary N) is 1.